The molecule has 0 saturated heterocycles. The monoisotopic (exact) mass is 310 g/mol. The molecule has 0 bridgehead atoms. The van der Waals surface area contributed by atoms with Gasteiger partial charge in [0.15, 0.2) is 6.61 Å². The van der Waals surface area contributed by atoms with E-state index in [1.165, 1.54) is 23.3 Å². The van der Waals surface area contributed by atoms with Crippen LogP contribution in [0.15, 0.2) is 11.4 Å². The summed E-state index contributed by atoms with van der Waals surface area (Å²) >= 11 is 1.28. The zero-order valence-corrected chi connectivity index (χ0v) is 12.9. The molecule has 0 aromatic carbocycles. The smallest absolute Gasteiger partial charge is 0.349 e. The summed E-state index contributed by atoms with van der Waals surface area (Å²) in [4.78, 5) is 36.9. The molecule has 114 valence electrons. The van der Waals surface area contributed by atoms with Crippen LogP contribution in [0.3, 0.4) is 0 Å². The number of thiophene rings is 1. The van der Waals surface area contributed by atoms with E-state index in [1.807, 2.05) is 13.0 Å². The van der Waals surface area contributed by atoms with Crippen LogP contribution in [-0.4, -0.2) is 48.9 Å². The molecule has 0 radical (unpaired) electrons. The first-order valence-electron chi connectivity index (χ1n) is 6.72. The van der Waals surface area contributed by atoms with Crippen LogP contribution in [-0.2, 0) is 14.3 Å². The first-order valence-corrected chi connectivity index (χ1v) is 7.60. The van der Waals surface area contributed by atoms with Gasteiger partial charge in [-0.2, -0.15) is 0 Å². The average Bonchev–Trinajstić information content (AvgIpc) is 3.13. The van der Waals surface area contributed by atoms with Crippen molar-refractivity contribution < 1.29 is 19.1 Å². The molecule has 1 N–H and O–H groups in total. The molecule has 1 fully saturated rings. The van der Waals surface area contributed by atoms with Gasteiger partial charge in [0, 0.05) is 13.1 Å². The first kappa shape index (κ1) is 15.5. The molecule has 1 aromatic heterocycles. The molecule has 1 heterocycles. The molecule has 1 aliphatic carbocycles. The van der Waals surface area contributed by atoms with Crippen molar-refractivity contribution in [1.29, 1.82) is 0 Å². The number of rotatable bonds is 6. The van der Waals surface area contributed by atoms with Crippen LogP contribution in [0, 0.1) is 6.92 Å². The fraction of sp³-hybridized carbons (Fsp3) is 0.500. The van der Waals surface area contributed by atoms with E-state index in [-0.39, 0.29) is 25.1 Å². The van der Waals surface area contributed by atoms with Crippen LogP contribution in [0.1, 0.15) is 28.1 Å². The van der Waals surface area contributed by atoms with Crippen LogP contribution in [0.4, 0.5) is 0 Å². The Morgan fingerprint density at radius 1 is 1.43 bits per heavy atom. The Bertz CT molecular complexity index is 551. The Balaban J connectivity index is 1.74. The predicted molar refractivity (Wildman–Crippen MR) is 78.1 cm³/mol. The van der Waals surface area contributed by atoms with Gasteiger partial charge in [-0.05, 0) is 36.8 Å². The Morgan fingerprint density at radius 2 is 2.14 bits per heavy atom. The summed E-state index contributed by atoms with van der Waals surface area (Å²) in [6.07, 6.45) is 2.00. The Morgan fingerprint density at radius 3 is 2.71 bits per heavy atom. The molecule has 1 saturated carbocycles. The summed E-state index contributed by atoms with van der Waals surface area (Å²) < 4.78 is 4.97. The van der Waals surface area contributed by atoms with Crippen molar-refractivity contribution in [2.45, 2.75) is 25.8 Å². The summed E-state index contributed by atoms with van der Waals surface area (Å²) in [6, 6.07) is 2.08. The number of hydrogen-bond acceptors (Lipinski definition) is 5. The van der Waals surface area contributed by atoms with Crippen molar-refractivity contribution in [1.82, 2.24) is 10.2 Å². The molecule has 0 unspecified atom stereocenters. The Kier molecular flexibility index (Phi) is 4.95. The minimum Gasteiger partial charge on any atom is -0.451 e. The maximum Gasteiger partial charge on any atom is 0.349 e. The lowest BCUT2D eigenvalue weighted by molar-refractivity contribution is -0.137. The SMILES string of the molecule is Cc1ccsc1C(=O)OCC(=O)N(C)CC(=O)NC1CC1. The number of hydrogen-bond donors (Lipinski definition) is 1. The molecule has 21 heavy (non-hydrogen) atoms. The van der Waals surface area contributed by atoms with Crippen LogP contribution in [0.5, 0.6) is 0 Å². The molecule has 0 spiro atoms. The summed E-state index contributed by atoms with van der Waals surface area (Å²) in [6.45, 7) is 1.43. The van der Waals surface area contributed by atoms with E-state index in [9.17, 15) is 14.4 Å². The van der Waals surface area contributed by atoms with E-state index in [2.05, 4.69) is 5.32 Å². The highest BCUT2D eigenvalue weighted by Crippen LogP contribution is 2.18. The quantitative estimate of drug-likeness (QED) is 0.794. The van der Waals surface area contributed by atoms with E-state index in [0.717, 1.165) is 18.4 Å². The van der Waals surface area contributed by atoms with E-state index in [4.69, 9.17) is 4.74 Å². The van der Waals surface area contributed by atoms with Gasteiger partial charge in [0.2, 0.25) is 5.91 Å². The van der Waals surface area contributed by atoms with Gasteiger partial charge in [0.25, 0.3) is 5.91 Å². The highest BCUT2D eigenvalue weighted by molar-refractivity contribution is 7.12. The van der Waals surface area contributed by atoms with Crippen LogP contribution >= 0.6 is 11.3 Å². The zero-order chi connectivity index (χ0) is 15.4. The maximum absolute atomic E-state index is 11.8. The van der Waals surface area contributed by atoms with Gasteiger partial charge in [0.05, 0.1) is 6.54 Å². The van der Waals surface area contributed by atoms with Crippen molar-refractivity contribution in [2.75, 3.05) is 20.2 Å². The predicted octanol–water partition coefficient (Wildman–Crippen LogP) is 0.950. The van der Waals surface area contributed by atoms with Crippen molar-refractivity contribution in [3.05, 3.63) is 21.9 Å². The summed E-state index contributed by atoms with van der Waals surface area (Å²) in [5.74, 6) is -1.09. The van der Waals surface area contributed by atoms with Crippen molar-refractivity contribution in [3.8, 4) is 0 Å². The van der Waals surface area contributed by atoms with E-state index >= 15 is 0 Å². The highest BCUT2D eigenvalue weighted by atomic mass is 32.1. The van der Waals surface area contributed by atoms with Gasteiger partial charge in [0.1, 0.15) is 4.88 Å². The van der Waals surface area contributed by atoms with Gasteiger partial charge < -0.3 is 15.0 Å². The first-order chi connectivity index (χ1) is 9.97. The standard InChI is InChI=1S/C14H18N2O4S/c1-9-5-6-21-13(9)14(19)20-8-12(18)16(2)7-11(17)15-10-3-4-10/h5-6,10H,3-4,7-8H2,1-2H3,(H,15,17). The van der Waals surface area contributed by atoms with Gasteiger partial charge in [-0.15, -0.1) is 11.3 Å². The van der Waals surface area contributed by atoms with E-state index in [1.54, 1.807) is 5.38 Å². The molecule has 2 rings (SSSR count). The molecule has 6 nitrogen and oxygen atoms in total. The van der Waals surface area contributed by atoms with Crippen molar-refractivity contribution in [3.63, 3.8) is 0 Å². The fourth-order valence-corrected chi connectivity index (χ4v) is 2.51. The number of likely N-dealkylation sites (N-methyl/N-ethyl adjacent to an activating group) is 1. The van der Waals surface area contributed by atoms with Crippen LogP contribution < -0.4 is 5.32 Å². The second-order valence-electron chi connectivity index (χ2n) is 5.10. The van der Waals surface area contributed by atoms with Crippen LogP contribution in [0.25, 0.3) is 0 Å². The van der Waals surface area contributed by atoms with Gasteiger partial charge >= 0.3 is 5.97 Å². The summed E-state index contributed by atoms with van der Waals surface area (Å²) in [5.41, 5.74) is 0.828. The summed E-state index contributed by atoms with van der Waals surface area (Å²) in [5, 5.41) is 4.59. The lowest BCUT2D eigenvalue weighted by atomic mass is 10.3. The molecule has 0 aliphatic heterocycles. The second-order valence-corrected chi connectivity index (χ2v) is 6.02. The molecule has 1 aliphatic rings. The maximum atomic E-state index is 11.8. The minimum absolute atomic E-state index is 0.0229. The number of nitrogens with one attached hydrogen (secondary N) is 1. The molecular formula is C14H18N2O4S. The van der Waals surface area contributed by atoms with Crippen molar-refractivity contribution >= 4 is 29.1 Å². The molecule has 7 heteroatoms. The largest absolute Gasteiger partial charge is 0.451 e. The average molecular weight is 310 g/mol. The topological polar surface area (TPSA) is 75.7 Å². The lowest BCUT2D eigenvalue weighted by Gasteiger charge is -2.16. The minimum atomic E-state index is -0.508. The molecule has 0 atom stereocenters. The second kappa shape index (κ2) is 6.71. The number of carbonyl (C=O) groups is 3. The number of carbonyl (C=O) groups excluding carboxylic acids is 3. The highest BCUT2D eigenvalue weighted by Gasteiger charge is 2.24. The fourth-order valence-electron chi connectivity index (χ4n) is 1.69. The lowest BCUT2D eigenvalue weighted by Crippen LogP contribution is -2.40. The van der Waals surface area contributed by atoms with Gasteiger partial charge in [-0.1, -0.05) is 0 Å². The van der Waals surface area contributed by atoms with Crippen molar-refractivity contribution in [2.24, 2.45) is 0 Å². The Hall–Kier alpha value is -1.89. The van der Waals surface area contributed by atoms with E-state index < -0.39 is 11.9 Å². The number of aryl methyl sites for hydroxylation is 1. The number of esters is 1. The third-order valence-electron chi connectivity index (χ3n) is 3.12. The summed E-state index contributed by atoms with van der Waals surface area (Å²) in [7, 11) is 1.51. The molecule has 2 amide bonds. The van der Waals surface area contributed by atoms with Gasteiger partial charge in [-0.25, -0.2) is 4.79 Å². The Labute approximate surface area is 127 Å². The number of nitrogens with zero attached hydrogens (tertiary/aromatic N) is 1. The van der Waals surface area contributed by atoms with Crippen LogP contribution in [0.2, 0.25) is 0 Å². The molecular weight excluding hydrogens is 292 g/mol. The third-order valence-corrected chi connectivity index (χ3v) is 4.12. The normalized spacial score (nSPS) is 13.6. The van der Waals surface area contributed by atoms with E-state index in [0.29, 0.717) is 4.88 Å². The number of amides is 2. The van der Waals surface area contributed by atoms with Gasteiger partial charge in [-0.3, -0.25) is 9.59 Å². The zero-order valence-electron chi connectivity index (χ0n) is 12.0. The molecule has 1 aromatic rings. The number of ether oxygens (including phenoxy) is 1. The third kappa shape index (κ3) is 4.56.